The predicted molar refractivity (Wildman–Crippen MR) is 102 cm³/mol. The molecule has 3 unspecified atom stereocenters. The van der Waals surface area contributed by atoms with E-state index in [0.29, 0.717) is 23.2 Å². The minimum atomic E-state index is -1.78. The van der Waals surface area contributed by atoms with Crippen molar-refractivity contribution < 1.29 is 14.6 Å². The number of nitrogens with zero attached hydrogens (tertiary/aromatic N) is 1. The number of fused-ring (bicyclic) bond motifs is 5. The molecule has 5 atom stereocenters. The number of hydrogen-bond donors (Lipinski definition) is 1. The molecule has 2 saturated heterocycles. The molecular weight excluding hydrogens is 338 g/mol. The molecule has 140 valence electrons. The Labute approximate surface area is 159 Å². The number of rotatable bonds is 4. The fourth-order valence-corrected chi connectivity index (χ4v) is 5.38. The Morgan fingerprint density at radius 1 is 0.926 bits per heavy atom. The second kappa shape index (κ2) is 6.18. The summed E-state index contributed by atoms with van der Waals surface area (Å²) in [7, 11) is 2.20. The number of carbonyl (C=O) groups is 1. The monoisotopic (exact) mass is 363 g/mol. The molecule has 2 aliphatic heterocycles. The first-order valence-electron chi connectivity index (χ1n) is 9.85. The van der Waals surface area contributed by atoms with E-state index < -0.39 is 11.6 Å². The molecule has 1 aliphatic carbocycles. The van der Waals surface area contributed by atoms with Crippen molar-refractivity contribution in [3.8, 4) is 0 Å². The Hall–Kier alpha value is -2.17. The molecule has 3 aliphatic rings. The fraction of sp³-hybridized carbons (Fsp3) is 0.435. The molecule has 4 nitrogen and oxygen atoms in total. The molecule has 0 amide bonds. The van der Waals surface area contributed by atoms with E-state index >= 15 is 0 Å². The van der Waals surface area contributed by atoms with E-state index in [-0.39, 0.29) is 6.10 Å². The summed E-state index contributed by atoms with van der Waals surface area (Å²) in [5.41, 5.74) is -0.701. The average Bonchev–Trinajstić information content (AvgIpc) is 3.47. The maximum atomic E-state index is 13.3. The van der Waals surface area contributed by atoms with Crippen LogP contribution in [0.15, 0.2) is 60.7 Å². The minimum Gasteiger partial charge on any atom is -0.460 e. The van der Waals surface area contributed by atoms with Crippen molar-refractivity contribution >= 4 is 5.97 Å². The molecule has 0 aromatic heterocycles. The summed E-state index contributed by atoms with van der Waals surface area (Å²) in [4.78, 5) is 15.7. The molecule has 1 N–H and O–H groups in total. The van der Waals surface area contributed by atoms with E-state index in [4.69, 9.17) is 4.74 Å². The van der Waals surface area contributed by atoms with E-state index in [1.54, 1.807) is 24.3 Å². The van der Waals surface area contributed by atoms with Crippen LogP contribution in [-0.2, 0) is 15.1 Å². The predicted octanol–water partition coefficient (Wildman–Crippen LogP) is 2.95. The van der Waals surface area contributed by atoms with Gasteiger partial charge in [0.2, 0.25) is 5.60 Å². The Bertz CT molecular complexity index is 780. The lowest BCUT2D eigenvalue weighted by Crippen LogP contribution is -2.48. The van der Waals surface area contributed by atoms with Crippen molar-refractivity contribution in [2.75, 3.05) is 7.05 Å². The Morgan fingerprint density at radius 3 is 1.89 bits per heavy atom. The molecule has 4 heteroatoms. The molecule has 0 spiro atoms. The summed E-state index contributed by atoms with van der Waals surface area (Å²) < 4.78 is 5.95. The number of ether oxygens (including phenoxy) is 1. The Balaban J connectivity index is 1.42. The average molecular weight is 363 g/mol. The molecule has 1 saturated carbocycles. The maximum Gasteiger partial charge on any atom is 0.347 e. The molecule has 2 heterocycles. The van der Waals surface area contributed by atoms with Gasteiger partial charge in [-0.1, -0.05) is 60.7 Å². The fourth-order valence-electron chi connectivity index (χ4n) is 5.38. The number of hydrogen-bond acceptors (Lipinski definition) is 4. The van der Waals surface area contributed by atoms with Gasteiger partial charge in [-0.15, -0.1) is 0 Å². The van der Waals surface area contributed by atoms with Crippen LogP contribution in [0.25, 0.3) is 0 Å². The van der Waals surface area contributed by atoms with Gasteiger partial charge in [-0.2, -0.15) is 0 Å². The molecule has 2 aromatic carbocycles. The summed E-state index contributed by atoms with van der Waals surface area (Å²) in [6.07, 6.45) is 2.97. The van der Waals surface area contributed by atoms with Crippen molar-refractivity contribution in [3.63, 3.8) is 0 Å². The van der Waals surface area contributed by atoms with Crippen LogP contribution in [-0.4, -0.2) is 41.2 Å². The van der Waals surface area contributed by atoms with Crippen LogP contribution in [0, 0.1) is 11.8 Å². The van der Waals surface area contributed by atoms with Crippen LogP contribution in [0.5, 0.6) is 0 Å². The largest absolute Gasteiger partial charge is 0.460 e. The lowest BCUT2D eigenvalue weighted by atomic mass is 9.86. The van der Waals surface area contributed by atoms with E-state index in [1.807, 2.05) is 36.4 Å². The van der Waals surface area contributed by atoms with Crippen molar-refractivity contribution in [3.05, 3.63) is 71.8 Å². The van der Waals surface area contributed by atoms with Crippen molar-refractivity contribution in [2.24, 2.45) is 11.8 Å². The number of aliphatic hydroxyl groups is 1. The molecule has 3 fully saturated rings. The van der Waals surface area contributed by atoms with E-state index in [0.717, 1.165) is 24.7 Å². The summed E-state index contributed by atoms with van der Waals surface area (Å²) >= 11 is 0. The quantitative estimate of drug-likeness (QED) is 0.849. The van der Waals surface area contributed by atoms with Crippen LogP contribution in [0.3, 0.4) is 0 Å². The zero-order valence-corrected chi connectivity index (χ0v) is 15.5. The third kappa shape index (κ3) is 2.62. The smallest absolute Gasteiger partial charge is 0.347 e. The molecule has 27 heavy (non-hydrogen) atoms. The van der Waals surface area contributed by atoms with Crippen LogP contribution in [0.1, 0.15) is 30.4 Å². The van der Waals surface area contributed by atoms with Crippen LogP contribution < -0.4 is 0 Å². The Kier molecular flexibility index (Phi) is 3.88. The topological polar surface area (TPSA) is 49.8 Å². The summed E-state index contributed by atoms with van der Waals surface area (Å²) in [6.45, 7) is 0. The Morgan fingerprint density at radius 2 is 1.41 bits per heavy atom. The van der Waals surface area contributed by atoms with Gasteiger partial charge in [0.25, 0.3) is 0 Å². The highest BCUT2D eigenvalue weighted by atomic mass is 16.6. The van der Waals surface area contributed by atoms with Gasteiger partial charge in [0.15, 0.2) is 0 Å². The molecule has 2 bridgehead atoms. The highest BCUT2D eigenvalue weighted by Crippen LogP contribution is 2.58. The van der Waals surface area contributed by atoms with Gasteiger partial charge in [-0.3, -0.25) is 4.90 Å². The van der Waals surface area contributed by atoms with Gasteiger partial charge in [0.05, 0.1) is 0 Å². The summed E-state index contributed by atoms with van der Waals surface area (Å²) in [5, 5.41) is 11.5. The lowest BCUT2D eigenvalue weighted by Gasteiger charge is -2.39. The minimum absolute atomic E-state index is 0.115. The van der Waals surface area contributed by atoms with Crippen molar-refractivity contribution in [2.45, 2.75) is 43.1 Å². The van der Waals surface area contributed by atoms with E-state index in [1.165, 1.54) is 6.42 Å². The van der Waals surface area contributed by atoms with Crippen LogP contribution >= 0.6 is 0 Å². The number of piperidine rings is 2. The highest BCUT2D eigenvalue weighted by Gasteiger charge is 2.61. The van der Waals surface area contributed by atoms with E-state index in [9.17, 15) is 9.90 Å². The van der Waals surface area contributed by atoms with Gasteiger partial charge in [-0.05, 0) is 36.4 Å². The van der Waals surface area contributed by atoms with Gasteiger partial charge >= 0.3 is 5.97 Å². The standard InChI is InChI=1S/C23H25NO3/c1-24-20-12-17(13-21(24)19-14-18(19)20)27-22(25)23(26,15-8-4-2-5-9-15)16-10-6-3-7-11-16/h2-11,17-21,26H,12-14H2,1H3/t17?,18-,19?,20-,21?/m0/s1. The summed E-state index contributed by atoms with van der Waals surface area (Å²) in [6, 6.07) is 19.2. The zero-order valence-electron chi connectivity index (χ0n) is 15.5. The van der Waals surface area contributed by atoms with Crippen LogP contribution in [0.4, 0.5) is 0 Å². The molecule has 2 aromatic rings. The van der Waals surface area contributed by atoms with Crippen molar-refractivity contribution in [1.82, 2.24) is 4.90 Å². The number of benzene rings is 2. The SMILES string of the molecule is CN1C2CC(OC(=O)C(O)(c3ccccc3)c3ccccc3)C[C@H]1[C@H]1CC21. The van der Waals surface area contributed by atoms with Gasteiger partial charge in [0.1, 0.15) is 6.10 Å². The first-order valence-corrected chi connectivity index (χ1v) is 9.85. The van der Waals surface area contributed by atoms with Gasteiger partial charge in [0, 0.05) is 24.9 Å². The second-order valence-electron chi connectivity index (χ2n) is 8.30. The normalized spacial score (nSPS) is 32.0. The zero-order chi connectivity index (χ0) is 18.6. The van der Waals surface area contributed by atoms with Crippen molar-refractivity contribution in [1.29, 1.82) is 0 Å². The highest BCUT2D eigenvalue weighted by molar-refractivity contribution is 5.85. The second-order valence-corrected chi connectivity index (χ2v) is 8.30. The molecule has 5 rings (SSSR count). The van der Waals surface area contributed by atoms with Crippen LogP contribution in [0.2, 0.25) is 0 Å². The molecular formula is C23H25NO3. The third-order valence-electron chi connectivity index (χ3n) is 6.89. The number of esters is 1. The van der Waals surface area contributed by atoms with E-state index in [2.05, 4.69) is 11.9 Å². The lowest BCUT2D eigenvalue weighted by molar-refractivity contribution is -0.171. The number of carbonyl (C=O) groups excluding carboxylic acids is 1. The van der Waals surface area contributed by atoms with Gasteiger partial charge < -0.3 is 9.84 Å². The first kappa shape index (κ1) is 17.0. The third-order valence-corrected chi connectivity index (χ3v) is 6.89. The first-order chi connectivity index (χ1) is 13.1. The molecule has 0 radical (unpaired) electrons. The maximum absolute atomic E-state index is 13.3. The van der Waals surface area contributed by atoms with Gasteiger partial charge in [-0.25, -0.2) is 4.79 Å². The summed E-state index contributed by atoms with van der Waals surface area (Å²) in [5.74, 6) is 0.999.